The first-order chi connectivity index (χ1) is 9.88. The molecule has 0 radical (unpaired) electrons. The summed E-state index contributed by atoms with van der Waals surface area (Å²) in [6, 6.07) is 4.35. The van der Waals surface area contributed by atoms with Crippen molar-refractivity contribution in [3.63, 3.8) is 0 Å². The first-order valence-corrected chi connectivity index (χ1v) is 5.89. The maximum absolute atomic E-state index is 13.1. The van der Waals surface area contributed by atoms with Crippen molar-refractivity contribution in [2.75, 3.05) is 5.32 Å². The first kappa shape index (κ1) is 14.5. The summed E-state index contributed by atoms with van der Waals surface area (Å²) in [5.74, 6) is -1.24. The van der Waals surface area contributed by atoms with Crippen LogP contribution >= 0.6 is 0 Å². The second kappa shape index (κ2) is 5.61. The van der Waals surface area contributed by atoms with Crippen LogP contribution in [-0.2, 0) is 6.54 Å². The molecule has 0 amide bonds. The summed E-state index contributed by atoms with van der Waals surface area (Å²) in [5.41, 5.74) is -0.274. The number of nitrogens with one attached hydrogen (secondary N) is 1. The highest BCUT2D eigenvalue weighted by Crippen LogP contribution is 2.26. The highest BCUT2D eigenvalue weighted by atomic mass is 19.1. The first-order valence-electron chi connectivity index (χ1n) is 5.89. The number of carboxylic acid groups (broad SMARTS) is 1. The molecule has 0 aliphatic heterocycles. The van der Waals surface area contributed by atoms with Crippen molar-refractivity contribution in [1.29, 1.82) is 0 Å². The minimum atomic E-state index is -1.13. The number of hydrogen-bond acceptors (Lipinski definition) is 5. The van der Waals surface area contributed by atoms with Gasteiger partial charge in [-0.2, -0.15) is 0 Å². The number of carbonyl (C=O) groups is 1. The summed E-state index contributed by atoms with van der Waals surface area (Å²) in [5, 5.41) is 22.4. The minimum Gasteiger partial charge on any atom is -0.478 e. The van der Waals surface area contributed by atoms with Gasteiger partial charge in [0.2, 0.25) is 0 Å². The maximum atomic E-state index is 13.1. The van der Waals surface area contributed by atoms with E-state index in [0.717, 1.165) is 18.2 Å². The van der Waals surface area contributed by atoms with Gasteiger partial charge in [-0.05, 0) is 19.1 Å². The molecule has 21 heavy (non-hydrogen) atoms. The fourth-order valence-electron chi connectivity index (χ4n) is 1.83. The zero-order valence-electron chi connectivity index (χ0n) is 10.9. The van der Waals surface area contributed by atoms with Gasteiger partial charge in [0.05, 0.1) is 11.5 Å². The van der Waals surface area contributed by atoms with Gasteiger partial charge in [-0.25, -0.2) is 9.18 Å². The minimum absolute atomic E-state index is 0.00157. The van der Waals surface area contributed by atoms with E-state index in [1.165, 1.54) is 13.0 Å². The lowest BCUT2D eigenvalue weighted by atomic mass is 10.2. The van der Waals surface area contributed by atoms with E-state index in [1.54, 1.807) is 0 Å². The fraction of sp³-hybridized carbons (Fsp3) is 0.154. The number of benzene rings is 1. The van der Waals surface area contributed by atoms with Gasteiger partial charge < -0.3 is 14.8 Å². The predicted octanol–water partition coefficient (Wildman–Crippen LogP) is 2.95. The lowest BCUT2D eigenvalue weighted by Gasteiger charge is -2.05. The van der Waals surface area contributed by atoms with Gasteiger partial charge in [0.15, 0.2) is 0 Å². The molecule has 7 nitrogen and oxygen atoms in total. The Labute approximate surface area is 118 Å². The van der Waals surface area contributed by atoms with Crippen molar-refractivity contribution in [3.05, 3.63) is 57.3 Å². The van der Waals surface area contributed by atoms with Gasteiger partial charge in [-0.1, -0.05) is 0 Å². The third-order valence-corrected chi connectivity index (χ3v) is 2.81. The highest BCUT2D eigenvalue weighted by molar-refractivity contribution is 5.88. The van der Waals surface area contributed by atoms with E-state index in [2.05, 4.69) is 5.32 Å². The van der Waals surface area contributed by atoms with Gasteiger partial charge in [0.1, 0.15) is 28.6 Å². The van der Waals surface area contributed by atoms with Gasteiger partial charge >= 0.3 is 5.97 Å². The van der Waals surface area contributed by atoms with Gasteiger partial charge in [-0.3, -0.25) is 10.1 Å². The second-order valence-electron chi connectivity index (χ2n) is 4.26. The molecular formula is C13H11FN2O5. The summed E-state index contributed by atoms with van der Waals surface area (Å²) in [7, 11) is 0. The molecule has 1 aromatic heterocycles. The molecule has 0 fully saturated rings. The van der Waals surface area contributed by atoms with Crippen LogP contribution in [0, 0.1) is 22.9 Å². The number of carboxylic acids is 1. The van der Waals surface area contributed by atoms with Crippen LogP contribution < -0.4 is 5.32 Å². The molecule has 0 unspecified atom stereocenters. The van der Waals surface area contributed by atoms with Crippen molar-refractivity contribution >= 4 is 17.3 Å². The van der Waals surface area contributed by atoms with Crippen LogP contribution in [0.3, 0.4) is 0 Å². The lowest BCUT2D eigenvalue weighted by molar-refractivity contribution is -0.384. The molecule has 1 aromatic carbocycles. The van der Waals surface area contributed by atoms with Gasteiger partial charge in [0.25, 0.3) is 5.69 Å². The van der Waals surface area contributed by atoms with E-state index in [4.69, 9.17) is 9.52 Å². The average molecular weight is 294 g/mol. The molecule has 1 heterocycles. The monoisotopic (exact) mass is 294 g/mol. The fourth-order valence-corrected chi connectivity index (χ4v) is 1.83. The van der Waals surface area contributed by atoms with E-state index in [9.17, 15) is 19.3 Å². The van der Waals surface area contributed by atoms with Gasteiger partial charge in [0, 0.05) is 12.1 Å². The maximum Gasteiger partial charge on any atom is 0.339 e. The Morgan fingerprint density at radius 3 is 2.76 bits per heavy atom. The molecule has 2 aromatic rings. The molecule has 2 rings (SSSR count). The third-order valence-electron chi connectivity index (χ3n) is 2.81. The largest absolute Gasteiger partial charge is 0.478 e. The predicted molar refractivity (Wildman–Crippen MR) is 70.8 cm³/mol. The Morgan fingerprint density at radius 1 is 1.48 bits per heavy atom. The summed E-state index contributed by atoms with van der Waals surface area (Å²) in [6.45, 7) is 1.50. The van der Waals surface area contributed by atoms with E-state index >= 15 is 0 Å². The molecule has 8 heteroatoms. The number of aryl methyl sites for hydroxylation is 1. The summed E-state index contributed by atoms with van der Waals surface area (Å²) in [6.07, 6.45) is 0. The second-order valence-corrected chi connectivity index (χ2v) is 4.26. The average Bonchev–Trinajstić information content (AvgIpc) is 2.77. The van der Waals surface area contributed by atoms with Crippen molar-refractivity contribution in [2.45, 2.75) is 13.5 Å². The third kappa shape index (κ3) is 3.16. The summed E-state index contributed by atoms with van der Waals surface area (Å²) in [4.78, 5) is 21.1. The normalized spacial score (nSPS) is 10.4. The molecule has 0 spiro atoms. The lowest BCUT2D eigenvalue weighted by Crippen LogP contribution is -2.02. The Kier molecular flexibility index (Phi) is 3.88. The Hall–Kier alpha value is -2.90. The van der Waals surface area contributed by atoms with E-state index in [-0.39, 0.29) is 35.0 Å². The van der Waals surface area contributed by atoms with E-state index in [1.807, 2.05) is 0 Å². The van der Waals surface area contributed by atoms with Crippen LogP contribution in [0.1, 0.15) is 21.9 Å². The Balaban J connectivity index is 2.20. The number of furan rings is 1. The zero-order valence-corrected chi connectivity index (χ0v) is 10.9. The topological polar surface area (TPSA) is 106 Å². The molecule has 110 valence electrons. The van der Waals surface area contributed by atoms with Crippen molar-refractivity contribution in [2.24, 2.45) is 0 Å². The van der Waals surface area contributed by atoms with Crippen LogP contribution in [0.5, 0.6) is 0 Å². The molecule has 0 saturated heterocycles. The smallest absolute Gasteiger partial charge is 0.339 e. The molecule has 0 aliphatic carbocycles. The SMILES string of the molecule is Cc1oc(CNc2cc(F)ccc2[N+](=O)[O-])cc1C(=O)O. The van der Waals surface area contributed by atoms with Crippen molar-refractivity contribution in [3.8, 4) is 0 Å². The number of anilines is 1. The number of aromatic carboxylic acids is 1. The quantitative estimate of drug-likeness (QED) is 0.648. The zero-order chi connectivity index (χ0) is 15.6. The number of rotatable bonds is 5. The van der Waals surface area contributed by atoms with Crippen LogP contribution in [-0.4, -0.2) is 16.0 Å². The number of nitro benzene ring substituents is 1. The van der Waals surface area contributed by atoms with Crippen molar-refractivity contribution < 1.29 is 23.6 Å². The molecule has 0 atom stereocenters. The number of nitrogens with zero attached hydrogens (tertiary/aromatic N) is 1. The molecule has 0 aliphatic rings. The van der Waals surface area contributed by atoms with Crippen LogP contribution in [0.25, 0.3) is 0 Å². The summed E-state index contributed by atoms with van der Waals surface area (Å²) < 4.78 is 18.4. The molecule has 2 N–H and O–H groups in total. The highest BCUT2D eigenvalue weighted by Gasteiger charge is 2.17. The van der Waals surface area contributed by atoms with Crippen LogP contribution in [0.4, 0.5) is 15.8 Å². The standard InChI is InChI=1S/C13H11FN2O5/c1-7-10(13(17)18)5-9(21-7)6-15-11-4-8(14)2-3-12(11)16(19)20/h2-5,15H,6H2,1H3,(H,17,18). The number of halogens is 1. The van der Waals surface area contributed by atoms with E-state index in [0.29, 0.717) is 0 Å². The molecule has 0 bridgehead atoms. The van der Waals surface area contributed by atoms with Crippen LogP contribution in [0.15, 0.2) is 28.7 Å². The van der Waals surface area contributed by atoms with E-state index < -0.39 is 16.7 Å². The number of nitro groups is 1. The van der Waals surface area contributed by atoms with Crippen molar-refractivity contribution in [1.82, 2.24) is 0 Å². The van der Waals surface area contributed by atoms with Gasteiger partial charge in [-0.15, -0.1) is 0 Å². The Morgan fingerprint density at radius 2 is 2.19 bits per heavy atom. The summed E-state index contributed by atoms with van der Waals surface area (Å²) >= 11 is 0. The molecule has 0 saturated carbocycles. The number of hydrogen-bond donors (Lipinski definition) is 2. The van der Waals surface area contributed by atoms with Crippen LogP contribution in [0.2, 0.25) is 0 Å². The Bertz CT molecular complexity index is 711. The molecular weight excluding hydrogens is 283 g/mol.